The van der Waals surface area contributed by atoms with E-state index in [1.807, 2.05) is 43.3 Å². The standard InChI is InChI=1S/C11H11NO/c1-10-5-2-3-6-11(10)7-4-8-12-9-13/h2-7H,8H2,1H3/b7-4-. The largest absolute Gasteiger partial charge is 0.235 e. The molecule has 0 bridgehead atoms. The van der Waals surface area contributed by atoms with E-state index >= 15 is 0 Å². The Morgan fingerprint density at radius 1 is 1.46 bits per heavy atom. The van der Waals surface area contributed by atoms with Crippen molar-refractivity contribution < 1.29 is 4.79 Å². The molecule has 0 spiro atoms. The highest BCUT2D eigenvalue weighted by Gasteiger charge is 1.89. The monoisotopic (exact) mass is 173 g/mol. The van der Waals surface area contributed by atoms with E-state index in [0.29, 0.717) is 6.54 Å². The van der Waals surface area contributed by atoms with E-state index in [-0.39, 0.29) is 0 Å². The van der Waals surface area contributed by atoms with Gasteiger partial charge in [-0.3, -0.25) is 0 Å². The van der Waals surface area contributed by atoms with E-state index in [4.69, 9.17) is 0 Å². The molecule has 0 aliphatic heterocycles. The number of hydrogen-bond acceptors (Lipinski definition) is 2. The zero-order valence-corrected chi connectivity index (χ0v) is 7.53. The molecule has 2 heteroatoms. The maximum atomic E-state index is 9.76. The van der Waals surface area contributed by atoms with Gasteiger partial charge in [0.15, 0.2) is 0 Å². The Morgan fingerprint density at radius 2 is 2.23 bits per heavy atom. The van der Waals surface area contributed by atoms with Crippen molar-refractivity contribution >= 4 is 12.2 Å². The second-order valence-electron chi connectivity index (χ2n) is 2.69. The van der Waals surface area contributed by atoms with Gasteiger partial charge in [-0.05, 0) is 18.1 Å². The van der Waals surface area contributed by atoms with Crippen LogP contribution < -0.4 is 0 Å². The fourth-order valence-electron chi connectivity index (χ4n) is 1.04. The van der Waals surface area contributed by atoms with E-state index < -0.39 is 0 Å². The molecule has 0 atom stereocenters. The van der Waals surface area contributed by atoms with Crippen LogP contribution in [-0.4, -0.2) is 12.6 Å². The van der Waals surface area contributed by atoms with Crippen molar-refractivity contribution in [1.82, 2.24) is 0 Å². The first kappa shape index (κ1) is 9.43. The minimum Gasteiger partial charge on any atom is -0.211 e. The average Bonchev–Trinajstić information content (AvgIpc) is 2.15. The first-order valence-electron chi connectivity index (χ1n) is 4.10. The van der Waals surface area contributed by atoms with Gasteiger partial charge in [0.2, 0.25) is 6.08 Å². The van der Waals surface area contributed by atoms with Gasteiger partial charge in [-0.2, -0.15) is 0 Å². The summed E-state index contributed by atoms with van der Waals surface area (Å²) in [5.74, 6) is 0. The van der Waals surface area contributed by atoms with Crippen LogP contribution in [0.3, 0.4) is 0 Å². The highest BCUT2D eigenvalue weighted by atomic mass is 16.1. The Labute approximate surface area is 77.6 Å². The summed E-state index contributed by atoms with van der Waals surface area (Å²) in [5.41, 5.74) is 2.37. The molecule has 0 aromatic heterocycles. The molecule has 1 aromatic carbocycles. The molecule has 0 saturated heterocycles. The molecule has 0 unspecified atom stereocenters. The summed E-state index contributed by atoms with van der Waals surface area (Å²) in [6, 6.07) is 8.05. The first-order chi connectivity index (χ1) is 6.34. The number of hydrogen-bond donors (Lipinski definition) is 0. The van der Waals surface area contributed by atoms with E-state index in [1.165, 1.54) is 11.6 Å². The van der Waals surface area contributed by atoms with Crippen molar-refractivity contribution in [2.24, 2.45) is 4.99 Å². The van der Waals surface area contributed by atoms with Crippen LogP contribution in [0.5, 0.6) is 0 Å². The molecule has 0 heterocycles. The van der Waals surface area contributed by atoms with Crippen LogP contribution in [-0.2, 0) is 4.79 Å². The second kappa shape index (κ2) is 5.07. The first-order valence-corrected chi connectivity index (χ1v) is 4.10. The van der Waals surface area contributed by atoms with E-state index in [2.05, 4.69) is 4.99 Å². The Balaban J connectivity index is 2.68. The zero-order valence-electron chi connectivity index (χ0n) is 7.53. The van der Waals surface area contributed by atoms with E-state index in [0.717, 1.165) is 5.56 Å². The zero-order chi connectivity index (χ0) is 9.52. The SMILES string of the molecule is Cc1ccccc1/C=C\CN=C=O. The molecule has 2 nitrogen and oxygen atoms in total. The molecule has 13 heavy (non-hydrogen) atoms. The second-order valence-corrected chi connectivity index (χ2v) is 2.69. The highest BCUT2D eigenvalue weighted by molar-refractivity contribution is 5.53. The van der Waals surface area contributed by atoms with Gasteiger partial charge in [0.25, 0.3) is 0 Å². The van der Waals surface area contributed by atoms with Crippen LogP contribution in [0.25, 0.3) is 6.08 Å². The lowest BCUT2D eigenvalue weighted by molar-refractivity contribution is 0.564. The molecule has 1 aromatic rings. The third-order valence-electron chi connectivity index (χ3n) is 1.75. The number of isocyanates is 1. The summed E-state index contributed by atoms with van der Waals surface area (Å²) in [6.45, 7) is 2.44. The van der Waals surface area contributed by atoms with Gasteiger partial charge >= 0.3 is 0 Å². The Bertz CT molecular complexity index is 349. The molecule has 0 amide bonds. The van der Waals surface area contributed by atoms with Gasteiger partial charge in [-0.1, -0.05) is 36.4 Å². The third-order valence-corrected chi connectivity index (χ3v) is 1.75. The van der Waals surface area contributed by atoms with Crippen LogP contribution in [0.15, 0.2) is 35.3 Å². The maximum absolute atomic E-state index is 9.76. The molecule has 0 fully saturated rings. The van der Waals surface area contributed by atoms with Crippen molar-refractivity contribution in [3.63, 3.8) is 0 Å². The number of aryl methyl sites for hydroxylation is 1. The molecular weight excluding hydrogens is 162 g/mol. The van der Waals surface area contributed by atoms with Crippen molar-refractivity contribution in [3.05, 3.63) is 41.5 Å². The average molecular weight is 173 g/mol. The van der Waals surface area contributed by atoms with Gasteiger partial charge in [0.1, 0.15) is 0 Å². The van der Waals surface area contributed by atoms with Gasteiger partial charge < -0.3 is 0 Å². The van der Waals surface area contributed by atoms with Gasteiger partial charge in [0.05, 0.1) is 6.54 Å². The van der Waals surface area contributed by atoms with Crippen molar-refractivity contribution in [2.45, 2.75) is 6.92 Å². The van der Waals surface area contributed by atoms with Crippen LogP contribution in [0, 0.1) is 6.92 Å². The lowest BCUT2D eigenvalue weighted by Crippen LogP contribution is -1.78. The highest BCUT2D eigenvalue weighted by Crippen LogP contribution is 2.08. The summed E-state index contributed by atoms with van der Waals surface area (Å²) in [4.78, 5) is 13.2. The maximum Gasteiger partial charge on any atom is 0.235 e. The minimum absolute atomic E-state index is 0.401. The molecule has 0 aliphatic carbocycles. The summed E-state index contributed by atoms with van der Waals surface area (Å²) >= 11 is 0. The van der Waals surface area contributed by atoms with Gasteiger partial charge in [-0.25, -0.2) is 9.79 Å². The molecule has 66 valence electrons. The predicted molar refractivity (Wildman–Crippen MR) is 53.2 cm³/mol. The smallest absolute Gasteiger partial charge is 0.211 e. The Morgan fingerprint density at radius 3 is 2.92 bits per heavy atom. The number of aliphatic imine (C=N–C) groups is 1. The lowest BCUT2D eigenvalue weighted by Gasteiger charge is -1.96. The Kier molecular flexibility index (Phi) is 3.68. The molecular formula is C11H11NO. The normalized spacial score (nSPS) is 9.92. The van der Waals surface area contributed by atoms with Crippen molar-refractivity contribution in [1.29, 1.82) is 0 Å². The lowest BCUT2D eigenvalue weighted by atomic mass is 10.1. The summed E-state index contributed by atoms with van der Waals surface area (Å²) < 4.78 is 0. The number of rotatable bonds is 3. The third kappa shape index (κ3) is 3.06. The topological polar surface area (TPSA) is 29.4 Å². The molecule has 0 N–H and O–H groups in total. The quantitative estimate of drug-likeness (QED) is 0.509. The van der Waals surface area contributed by atoms with Crippen LogP contribution in [0.2, 0.25) is 0 Å². The fourth-order valence-corrected chi connectivity index (χ4v) is 1.04. The van der Waals surface area contributed by atoms with Crippen molar-refractivity contribution in [2.75, 3.05) is 6.54 Å². The Hall–Kier alpha value is -1.66. The van der Waals surface area contributed by atoms with E-state index in [1.54, 1.807) is 0 Å². The number of nitrogens with zero attached hydrogens (tertiary/aromatic N) is 1. The van der Waals surface area contributed by atoms with Crippen LogP contribution in [0.4, 0.5) is 0 Å². The van der Waals surface area contributed by atoms with E-state index in [9.17, 15) is 4.79 Å². The summed E-state index contributed by atoms with van der Waals surface area (Å²) in [6.07, 6.45) is 5.29. The molecule has 0 saturated carbocycles. The minimum atomic E-state index is 0.401. The summed E-state index contributed by atoms with van der Waals surface area (Å²) in [5, 5.41) is 0. The fraction of sp³-hybridized carbons (Fsp3) is 0.182. The predicted octanol–water partition coefficient (Wildman–Crippen LogP) is 2.34. The number of benzene rings is 1. The van der Waals surface area contributed by atoms with Gasteiger partial charge in [0, 0.05) is 0 Å². The molecule has 1 rings (SSSR count). The molecule has 0 aliphatic rings. The van der Waals surface area contributed by atoms with Gasteiger partial charge in [-0.15, -0.1) is 0 Å². The summed E-state index contributed by atoms with van der Waals surface area (Å²) in [7, 11) is 0. The van der Waals surface area contributed by atoms with Crippen LogP contribution in [0.1, 0.15) is 11.1 Å². The number of carbonyl (C=O) groups excluding carboxylic acids is 1. The van der Waals surface area contributed by atoms with Crippen molar-refractivity contribution in [3.8, 4) is 0 Å². The molecule has 0 radical (unpaired) electrons. The van der Waals surface area contributed by atoms with Crippen LogP contribution >= 0.6 is 0 Å².